The lowest BCUT2D eigenvalue weighted by atomic mass is 10.9. The Kier molecular flexibility index (Phi) is 2.08. The van der Waals surface area contributed by atoms with Gasteiger partial charge < -0.3 is 0 Å². The molecule has 0 aromatic rings. The number of nitrogens with two attached hydrogens (primary N) is 1. The van der Waals surface area contributed by atoms with Crippen LogP contribution >= 0.6 is 0 Å². The Morgan fingerprint density at radius 1 is 1.62 bits per heavy atom. The molecule has 5 nitrogen and oxygen atoms in total. The first-order valence-corrected chi connectivity index (χ1v) is 3.05. The summed E-state index contributed by atoms with van der Waals surface area (Å²) in [4.78, 5) is 9.90. The van der Waals surface area contributed by atoms with Crippen molar-refractivity contribution in [1.29, 1.82) is 0 Å². The Labute approximate surface area is 46.5 Å². The fourth-order valence-electron chi connectivity index (χ4n) is 0.0678. The largest absolute Gasteiger partial charge is 0.346 e. The zero-order valence-corrected chi connectivity index (χ0v) is 4.94. The topological polar surface area (TPSA) is 86.5 Å². The maximum atomic E-state index is 10.0. The Bertz CT molecular complexity index is 180. The highest BCUT2D eigenvalue weighted by molar-refractivity contribution is 8.01. The first-order chi connectivity index (χ1) is 3.50. The first kappa shape index (κ1) is 7.54. The van der Waals surface area contributed by atoms with Crippen LogP contribution in [-0.4, -0.2) is 13.5 Å². The maximum Gasteiger partial charge on any atom is 0.346 e. The van der Waals surface area contributed by atoms with Crippen molar-refractivity contribution >= 4 is 15.2 Å². The molecule has 0 spiro atoms. The molecule has 0 fully saturated rings. The summed E-state index contributed by atoms with van der Waals surface area (Å²) < 4.78 is 23.3. The van der Waals surface area contributed by atoms with Crippen LogP contribution in [0.4, 0.5) is 0 Å². The molecule has 2 N–H and O–H groups in total. The van der Waals surface area contributed by atoms with E-state index in [9.17, 15) is 13.2 Å². The van der Waals surface area contributed by atoms with Crippen LogP contribution in [-0.2, 0) is 19.2 Å². The van der Waals surface area contributed by atoms with Crippen LogP contribution in [0, 0.1) is 0 Å². The minimum Gasteiger partial charge on any atom is -0.279 e. The van der Waals surface area contributed by atoms with Gasteiger partial charge in [0, 0.05) is 6.92 Å². The summed E-state index contributed by atoms with van der Waals surface area (Å²) in [6.07, 6.45) is 0. The highest BCUT2D eigenvalue weighted by atomic mass is 32.2. The predicted molar refractivity (Wildman–Crippen MR) is 24.9 cm³/mol. The molecule has 0 atom stereocenters. The Hall–Kier alpha value is -0.460. The first-order valence-electron chi connectivity index (χ1n) is 1.64. The van der Waals surface area contributed by atoms with E-state index >= 15 is 0 Å². The lowest BCUT2D eigenvalue weighted by molar-refractivity contribution is -0.110. The average molecular weight is 139 g/mol. The van der Waals surface area contributed by atoms with Gasteiger partial charge in [-0.15, -0.1) is 0 Å². The van der Waals surface area contributed by atoms with Gasteiger partial charge in [-0.25, -0.2) is 0 Å². The van der Waals surface area contributed by atoms with Gasteiger partial charge in [-0.05, 0) is 0 Å². The van der Waals surface area contributed by atoms with Crippen molar-refractivity contribution in [3.8, 4) is 0 Å². The van der Waals surface area contributed by atoms with Crippen molar-refractivity contribution in [2.45, 2.75) is 6.92 Å². The molecule has 8 heavy (non-hydrogen) atoms. The fraction of sp³-hybridized carbons (Fsp3) is 0.500. The second kappa shape index (κ2) is 2.21. The van der Waals surface area contributed by atoms with E-state index in [-0.39, 0.29) is 0 Å². The third-order valence-electron chi connectivity index (χ3n) is 0.479. The second-order valence-electron chi connectivity index (χ2n) is 1.04. The number of carbonyl (C=O) groups is 1. The van der Waals surface area contributed by atoms with Crippen molar-refractivity contribution in [1.82, 2.24) is 0 Å². The Morgan fingerprint density at radius 2 is 2.00 bits per heavy atom. The van der Waals surface area contributed by atoms with Gasteiger partial charge in [0.05, 0.1) is 0 Å². The zero-order valence-electron chi connectivity index (χ0n) is 4.12. The highest BCUT2D eigenvalue weighted by Gasteiger charge is 2.14. The summed E-state index contributed by atoms with van der Waals surface area (Å²) >= 11 is 0. The van der Waals surface area contributed by atoms with Gasteiger partial charge in [0.25, 0.3) is 5.12 Å². The van der Waals surface area contributed by atoms with Crippen molar-refractivity contribution in [3.05, 3.63) is 0 Å². The van der Waals surface area contributed by atoms with Gasteiger partial charge in [0.2, 0.25) is 0 Å². The molecule has 0 saturated carbocycles. The van der Waals surface area contributed by atoms with Crippen LogP contribution < -0.4 is 5.90 Å². The van der Waals surface area contributed by atoms with Gasteiger partial charge in [0.1, 0.15) is 0 Å². The number of carbonyl (C=O) groups excluding carboxylic acids is 1. The molecular weight excluding hydrogens is 134 g/mol. The normalized spacial score (nSPS) is 11.2. The average Bonchev–Trinajstić information content (AvgIpc) is 1.67. The minimum absolute atomic E-state index is 0.849. The summed E-state index contributed by atoms with van der Waals surface area (Å²) in [5.74, 6) is 4.20. The molecule has 0 saturated heterocycles. The van der Waals surface area contributed by atoms with Gasteiger partial charge in [0.15, 0.2) is 0 Å². The van der Waals surface area contributed by atoms with Gasteiger partial charge >= 0.3 is 10.1 Å². The molecule has 0 aliphatic heterocycles. The molecule has 0 amide bonds. The van der Waals surface area contributed by atoms with E-state index < -0.39 is 15.2 Å². The van der Waals surface area contributed by atoms with Crippen LogP contribution in [0.15, 0.2) is 0 Å². The summed E-state index contributed by atoms with van der Waals surface area (Å²) in [5.41, 5.74) is 0. The molecule has 48 valence electrons. The number of hydrogen-bond acceptors (Lipinski definition) is 5. The summed E-state index contributed by atoms with van der Waals surface area (Å²) in [6, 6.07) is 0. The maximum absolute atomic E-state index is 10.0. The standard InChI is InChI=1S/C2H5NO4S/c1-2(4)8(5,6)7-3/h3H2,1H3. The SMILES string of the molecule is CC(=O)S(=O)(=O)ON. The van der Waals surface area contributed by atoms with E-state index in [1.807, 2.05) is 0 Å². The van der Waals surface area contributed by atoms with Crippen LogP contribution in [0.3, 0.4) is 0 Å². The third kappa shape index (κ3) is 1.57. The summed E-state index contributed by atoms with van der Waals surface area (Å²) in [5, 5.41) is -1.10. The predicted octanol–water partition coefficient (Wildman–Crippen LogP) is -1.25. The Morgan fingerprint density at radius 3 is 2.00 bits per heavy atom. The molecule has 6 heteroatoms. The van der Waals surface area contributed by atoms with E-state index in [1.165, 1.54) is 0 Å². The lowest BCUT2D eigenvalue weighted by Gasteiger charge is -1.89. The van der Waals surface area contributed by atoms with Crippen LogP contribution in [0.1, 0.15) is 6.92 Å². The summed E-state index contributed by atoms with van der Waals surface area (Å²) in [7, 11) is -4.10. The van der Waals surface area contributed by atoms with Crippen LogP contribution in [0.5, 0.6) is 0 Å². The van der Waals surface area contributed by atoms with E-state index in [4.69, 9.17) is 0 Å². The second-order valence-corrected chi connectivity index (χ2v) is 2.72. The molecule has 0 aromatic heterocycles. The molecule has 0 aliphatic carbocycles. The van der Waals surface area contributed by atoms with Crippen molar-refractivity contribution < 1.29 is 17.5 Å². The summed E-state index contributed by atoms with van der Waals surface area (Å²) in [6.45, 7) is 0.849. The van der Waals surface area contributed by atoms with Gasteiger partial charge in [-0.1, -0.05) is 0 Å². The van der Waals surface area contributed by atoms with Crippen LogP contribution in [0.25, 0.3) is 0 Å². The van der Waals surface area contributed by atoms with Gasteiger partial charge in [-0.3, -0.25) is 4.79 Å². The third-order valence-corrected chi connectivity index (χ3v) is 1.44. The minimum atomic E-state index is -4.10. The van der Waals surface area contributed by atoms with Crippen LogP contribution in [0.2, 0.25) is 0 Å². The van der Waals surface area contributed by atoms with Crippen molar-refractivity contribution in [3.63, 3.8) is 0 Å². The monoisotopic (exact) mass is 139 g/mol. The lowest BCUT2D eigenvalue weighted by Crippen LogP contribution is -2.17. The molecule has 0 unspecified atom stereocenters. The van der Waals surface area contributed by atoms with Crippen molar-refractivity contribution in [2.24, 2.45) is 5.90 Å². The molecule has 0 rings (SSSR count). The van der Waals surface area contributed by atoms with Gasteiger partial charge in [-0.2, -0.15) is 18.6 Å². The number of rotatable bonds is 1. The van der Waals surface area contributed by atoms with Crippen molar-refractivity contribution in [2.75, 3.05) is 0 Å². The molecule has 0 aromatic carbocycles. The van der Waals surface area contributed by atoms with E-state index in [0.717, 1.165) is 6.92 Å². The van der Waals surface area contributed by atoms with E-state index in [2.05, 4.69) is 10.2 Å². The highest BCUT2D eigenvalue weighted by Crippen LogP contribution is 1.86. The van der Waals surface area contributed by atoms with E-state index in [0.29, 0.717) is 0 Å². The molecule has 0 heterocycles. The van der Waals surface area contributed by atoms with E-state index in [1.54, 1.807) is 0 Å². The quantitative estimate of drug-likeness (QED) is 0.459. The zero-order chi connectivity index (χ0) is 6.78. The fourth-order valence-corrected chi connectivity index (χ4v) is 0.203. The molecule has 0 bridgehead atoms. The molecule has 0 radical (unpaired) electrons. The molecule has 0 aliphatic rings. The molecular formula is C2H5NO4S. The number of hydrogen-bond donors (Lipinski definition) is 1. The smallest absolute Gasteiger partial charge is 0.279 e. The Balaban J connectivity index is 4.42.